The Morgan fingerprint density at radius 3 is 2.89 bits per heavy atom. The summed E-state index contributed by atoms with van der Waals surface area (Å²) in [6, 6.07) is 6.27. The second-order valence-electron chi connectivity index (χ2n) is 4.84. The number of hydrogen-bond donors (Lipinski definition) is 1. The van der Waals surface area contributed by atoms with Crippen LogP contribution in [-0.2, 0) is 0 Å². The van der Waals surface area contributed by atoms with Gasteiger partial charge in [0.1, 0.15) is 18.0 Å². The summed E-state index contributed by atoms with van der Waals surface area (Å²) >= 11 is 0. The Kier molecular flexibility index (Phi) is 3.47. The summed E-state index contributed by atoms with van der Waals surface area (Å²) in [7, 11) is 0. The maximum atomic E-state index is 5.78. The third-order valence-electron chi connectivity index (χ3n) is 3.65. The van der Waals surface area contributed by atoms with Gasteiger partial charge in [-0.05, 0) is 12.1 Å². The number of nitrogens with zero attached hydrogens (tertiary/aromatic N) is 2. The highest BCUT2D eigenvalue weighted by atomic mass is 16.5. The van der Waals surface area contributed by atoms with Crippen molar-refractivity contribution < 1.29 is 4.74 Å². The molecule has 4 heteroatoms. The quantitative estimate of drug-likeness (QED) is 0.798. The first kappa shape index (κ1) is 12.2. The Labute approximate surface area is 114 Å². The number of fused-ring (bicyclic) bond motifs is 1. The number of benzene rings is 1. The zero-order valence-electron chi connectivity index (χ0n) is 11.1. The Morgan fingerprint density at radius 1 is 1.26 bits per heavy atom. The molecule has 0 radical (unpaired) electrons. The molecule has 0 saturated carbocycles. The molecule has 19 heavy (non-hydrogen) atoms. The van der Waals surface area contributed by atoms with Gasteiger partial charge in [0.2, 0.25) is 0 Å². The number of hydrogen-bond acceptors (Lipinski definition) is 4. The lowest BCUT2D eigenvalue weighted by Gasteiger charge is -2.37. The van der Waals surface area contributed by atoms with E-state index < -0.39 is 0 Å². The molecule has 0 bridgehead atoms. The van der Waals surface area contributed by atoms with Crippen LogP contribution in [0.4, 0.5) is 11.4 Å². The molecule has 0 atom stereocenters. The third kappa shape index (κ3) is 2.34. The van der Waals surface area contributed by atoms with Crippen LogP contribution in [0.2, 0.25) is 0 Å². The summed E-state index contributed by atoms with van der Waals surface area (Å²) in [6.45, 7) is 6.32. The molecule has 1 saturated heterocycles. The molecule has 1 aromatic carbocycles. The van der Waals surface area contributed by atoms with Crippen LogP contribution >= 0.6 is 0 Å². The van der Waals surface area contributed by atoms with Gasteiger partial charge in [-0.1, -0.05) is 12.0 Å². The van der Waals surface area contributed by atoms with E-state index in [-0.39, 0.29) is 0 Å². The van der Waals surface area contributed by atoms with E-state index in [1.165, 1.54) is 5.69 Å². The van der Waals surface area contributed by atoms with Crippen LogP contribution in [0.25, 0.3) is 0 Å². The van der Waals surface area contributed by atoms with Crippen LogP contribution in [0.15, 0.2) is 18.2 Å². The minimum Gasteiger partial charge on any atom is -0.489 e. The summed E-state index contributed by atoms with van der Waals surface area (Å²) in [5, 5.41) is 3.38. The van der Waals surface area contributed by atoms with E-state index in [0.717, 1.165) is 44.2 Å². The minimum absolute atomic E-state index is 0.638. The second kappa shape index (κ2) is 5.41. The van der Waals surface area contributed by atoms with Crippen molar-refractivity contribution >= 4 is 11.4 Å². The first-order chi connectivity index (χ1) is 9.40. The Balaban J connectivity index is 1.98. The van der Waals surface area contributed by atoms with Gasteiger partial charge in [0.25, 0.3) is 0 Å². The standard InChI is InChI=1S/C15H19N3O/c1-2-8-18-11-12-19-14-5-3-4-13(15(14)18)17-9-6-16-7-10-17/h1,3-5,16H,6-12H2. The van der Waals surface area contributed by atoms with E-state index >= 15 is 0 Å². The molecular weight excluding hydrogens is 238 g/mol. The zero-order valence-corrected chi connectivity index (χ0v) is 11.1. The van der Waals surface area contributed by atoms with E-state index in [2.05, 4.69) is 33.2 Å². The second-order valence-corrected chi connectivity index (χ2v) is 4.84. The summed E-state index contributed by atoms with van der Waals surface area (Å²) in [6.07, 6.45) is 5.49. The number of rotatable bonds is 2. The number of terminal acetylenes is 1. The average molecular weight is 257 g/mol. The fourth-order valence-corrected chi connectivity index (χ4v) is 2.75. The molecule has 4 nitrogen and oxygen atoms in total. The monoisotopic (exact) mass is 257 g/mol. The predicted molar refractivity (Wildman–Crippen MR) is 78.1 cm³/mol. The summed E-state index contributed by atoms with van der Waals surface area (Å²) in [5.41, 5.74) is 2.41. The lowest BCUT2D eigenvalue weighted by Crippen LogP contribution is -2.44. The molecule has 2 aliphatic heterocycles. The minimum atomic E-state index is 0.638. The largest absolute Gasteiger partial charge is 0.489 e. The van der Waals surface area contributed by atoms with Crippen molar-refractivity contribution in [3.8, 4) is 18.1 Å². The smallest absolute Gasteiger partial charge is 0.144 e. The summed E-state index contributed by atoms with van der Waals surface area (Å²) in [4.78, 5) is 4.66. The van der Waals surface area contributed by atoms with Gasteiger partial charge in [0, 0.05) is 26.2 Å². The fraction of sp³-hybridized carbons (Fsp3) is 0.467. The number of para-hydroxylation sites is 1. The summed E-state index contributed by atoms with van der Waals surface area (Å²) < 4.78 is 5.78. The van der Waals surface area contributed by atoms with Crippen LogP contribution in [0, 0.1) is 12.3 Å². The van der Waals surface area contributed by atoms with E-state index in [0.29, 0.717) is 13.2 Å². The third-order valence-corrected chi connectivity index (χ3v) is 3.65. The highest BCUT2D eigenvalue weighted by Gasteiger charge is 2.24. The lowest BCUT2D eigenvalue weighted by atomic mass is 10.1. The van der Waals surface area contributed by atoms with E-state index in [1.54, 1.807) is 0 Å². The maximum Gasteiger partial charge on any atom is 0.144 e. The highest BCUT2D eigenvalue weighted by molar-refractivity contribution is 5.79. The van der Waals surface area contributed by atoms with Crippen molar-refractivity contribution in [2.75, 3.05) is 55.7 Å². The molecule has 0 unspecified atom stereocenters. The zero-order chi connectivity index (χ0) is 13.1. The first-order valence-corrected chi connectivity index (χ1v) is 6.80. The molecular formula is C15H19N3O. The molecule has 0 aromatic heterocycles. The number of nitrogens with one attached hydrogen (secondary N) is 1. The van der Waals surface area contributed by atoms with Crippen molar-refractivity contribution in [2.24, 2.45) is 0 Å². The van der Waals surface area contributed by atoms with Gasteiger partial charge in [0.05, 0.1) is 18.8 Å². The molecule has 100 valence electrons. The Morgan fingerprint density at radius 2 is 2.11 bits per heavy atom. The van der Waals surface area contributed by atoms with Gasteiger partial charge in [-0.3, -0.25) is 0 Å². The molecule has 1 fully saturated rings. The highest BCUT2D eigenvalue weighted by Crippen LogP contribution is 2.40. The molecule has 0 spiro atoms. The molecule has 0 amide bonds. The normalized spacial score (nSPS) is 18.5. The topological polar surface area (TPSA) is 27.7 Å². The number of anilines is 2. The van der Waals surface area contributed by atoms with Crippen LogP contribution in [0.3, 0.4) is 0 Å². The maximum absolute atomic E-state index is 5.78. The van der Waals surface area contributed by atoms with Gasteiger partial charge < -0.3 is 19.9 Å². The van der Waals surface area contributed by atoms with E-state index in [1.807, 2.05) is 6.07 Å². The predicted octanol–water partition coefficient (Wildman–Crippen LogP) is 0.928. The van der Waals surface area contributed by atoms with E-state index in [4.69, 9.17) is 11.2 Å². The van der Waals surface area contributed by atoms with Crippen LogP contribution in [0.5, 0.6) is 5.75 Å². The van der Waals surface area contributed by atoms with Crippen molar-refractivity contribution in [2.45, 2.75) is 0 Å². The number of piperazine rings is 1. The fourth-order valence-electron chi connectivity index (χ4n) is 2.75. The van der Waals surface area contributed by atoms with Crippen molar-refractivity contribution in [1.29, 1.82) is 0 Å². The van der Waals surface area contributed by atoms with Crippen LogP contribution in [0.1, 0.15) is 0 Å². The molecule has 1 aromatic rings. The first-order valence-electron chi connectivity index (χ1n) is 6.80. The lowest BCUT2D eigenvalue weighted by molar-refractivity contribution is 0.309. The Bertz CT molecular complexity index is 489. The van der Waals surface area contributed by atoms with Gasteiger partial charge in [0.15, 0.2) is 0 Å². The molecule has 3 rings (SSSR count). The molecule has 0 aliphatic carbocycles. The van der Waals surface area contributed by atoms with Crippen molar-refractivity contribution in [3.05, 3.63) is 18.2 Å². The van der Waals surface area contributed by atoms with Crippen LogP contribution < -0.4 is 19.9 Å². The molecule has 1 N–H and O–H groups in total. The van der Waals surface area contributed by atoms with Crippen molar-refractivity contribution in [3.63, 3.8) is 0 Å². The van der Waals surface area contributed by atoms with Crippen molar-refractivity contribution in [1.82, 2.24) is 5.32 Å². The molecule has 2 aliphatic rings. The summed E-state index contributed by atoms with van der Waals surface area (Å²) in [5.74, 6) is 3.70. The van der Waals surface area contributed by atoms with E-state index in [9.17, 15) is 0 Å². The van der Waals surface area contributed by atoms with Gasteiger partial charge >= 0.3 is 0 Å². The van der Waals surface area contributed by atoms with Gasteiger partial charge in [-0.15, -0.1) is 6.42 Å². The molecule has 2 heterocycles. The SMILES string of the molecule is C#CCN1CCOc2cccc(N3CCNCC3)c21. The average Bonchev–Trinajstić information content (AvgIpc) is 2.48. The van der Waals surface area contributed by atoms with Gasteiger partial charge in [-0.2, -0.15) is 0 Å². The Hall–Kier alpha value is -1.86. The van der Waals surface area contributed by atoms with Gasteiger partial charge in [-0.25, -0.2) is 0 Å². The number of ether oxygens (including phenoxy) is 1. The van der Waals surface area contributed by atoms with Crippen LogP contribution in [-0.4, -0.2) is 45.9 Å².